The van der Waals surface area contributed by atoms with E-state index >= 15 is 0 Å². The molecule has 19 heavy (non-hydrogen) atoms. The van der Waals surface area contributed by atoms with Crippen LogP contribution in [-0.4, -0.2) is 24.1 Å². The first kappa shape index (κ1) is 13.3. The maximum Gasteiger partial charge on any atom is 0.187 e. The monoisotopic (exact) mass is 257 g/mol. The normalized spacial score (nSPS) is 10.3. The number of nitrogens with zero attached hydrogens (tertiary/aromatic N) is 2. The molecule has 0 aliphatic rings. The van der Waals surface area contributed by atoms with Crippen LogP contribution >= 0.6 is 0 Å². The number of hydrogen-bond acceptors (Lipinski definition) is 4. The Kier molecular flexibility index (Phi) is 4.34. The zero-order chi connectivity index (χ0) is 13.7. The summed E-state index contributed by atoms with van der Waals surface area (Å²) in [5, 5.41) is 3.02. The van der Waals surface area contributed by atoms with E-state index in [9.17, 15) is 0 Å². The van der Waals surface area contributed by atoms with Gasteiger partial charge in [0.05, 0.1) is 7.11 Å². The van der Waals surface area contributed by atoms with Gasteiger partial charge >= 0.3 is 0 Å². The number of anilines is 1. The van der Waals surface area contributed by atoms with E-state index in [1.54, 1.807) is 13.4 Å². The molecular formula is C15H19N3O. The number of methoxy groups -OCH3 is 1. The van der Waals surface area contributed by atoms with Crippen molar-refractivity contribution in [3.8, 4) is 17.0 Å². The molecule has 0 aliphatic heterocycles. The van der Waals surface area contributed by atoms with E-state index < -0.39 is 0 Å². The van der Waals surface area contributed by atoms with Crippen molar-refractivity contribution in [3.05, 3.63) is 36.2 Å². The second-order valence-electron chi connectivity index (χ2n) is 4.30. The van der Waals surface area contributed by atoms with Crippen molar-refractivity contribution >= 4 is 5.82 Å². The number of nitrogens with one attached hydrogen (secondary N) is 1. The molecule has 4 nitrogen and oxygen atoms in total. The van der Waals surface area contributed by atoms with Crippen LogP contribution in [0.2, 0.25) is 0 Å². The zero-order valence-corrected chi connectivity index (χ0v) is 11.6. The minimum Gasteiger partial charge on any atom is -0.491 e. The van der Waals surface area contributed by atoms with E-state index in [1.165, 1.54) is 5.56 Å². The van der Waals surface area contributed by atoms with Gasteiger partial charge in [0.2, 0.25) is 0 Å². The average Bonchev–Trinajstić information content (AvgIpc) is 2.47. The van der Waals surface area contributed by atoms with E-state index in [0.29, 0.717) is 11.6 Å². The fourth-order valence-electron chi connectivity index (χ4n) is 2.11. The molecule has 0 saturated heterocycles. The maximum absolute atomic E-state index is 5.43. The molecule has 1 N–H and O–H groups in total. The highest BCUT2D eigenvalue weighted by Gasteiger charge is 2.12. The Hall–Kier alpha value is -2.10. The minimum absolute atomic E-state index is 0.679. The molecule has 0 unspecified atom stereocenters. The number of benzene rings is 1. The standard InChI is InChI=1S/C15H19N3O/c1-4-6-11-7-5-8-12(9-11)13-14(19-3)15(16-2)18-10-17-13/h5,7-10H,4,6H2,1-3H3,(H,16,17,18). The molecule has 0 radical (unpaired) electrons. The Bertz CT molecular complexity index is 555. The van der Waals surface area contributed by atoms with Crippen LogP contribution in [0, 0.1) is 0 Å². The molecule has 0 spiro atoms. The van der Waals surface area contributed by atoms with E-state index in [1.807, 2.05) is 13.1 Å². The Morgan fingerprint density at radius 1 is 1.26 bits per heavy atom. The number of ether oxygens (including phenoxy) is 1. The van der Waals surface area contributed by atoms with Crippen molar-refractivity contribution in [2.24, 2.45) is 0 Å². The molecule has 100 valence electrons. The van der Waals surface area contributed by atoms with Gasteiger partial charge in [0.15, 0.2) is 11.6 Å². The largest absolute Gasteiger partial charge is 0.491 e. The van der Waals surface area contributed by atoms with Crippen LogP contribution in [0.4, 0.5) is 5.82 Å². The second-order valence-corrected chi connectivity index (χ2v) is 4.30. The van der Waals surface area contributed by atoms with E-state index in [4.69, 9.17) is 4.74 Å². The molecule has 1 aromatic carbocycles. The molecule has 0 amide bonds. The van der Waals surface area contributed by atoms with Crippen LogP contribution in [-0.2, 0) is 6.42 Å². The van der Waals surface area contributed by atoms with E-state index in [0.717, 1.165) is 24.1 Å². The predicted molar refractivity (Wildman–Crippen MR) is 77.6 cm³/mol. The smallest absolute Gasteiger partial charge is 0.187 e. The Morgan fingerprint density at radius 3 is 2.79 bits per heavy atom. The lowest BCUT2D eigenvalue weighted by atomic mass is 10.0. The molecule has 1 heterocycles. The number of hydrogen-bond donors (Lipinski definition) is 1. The van der Waals surface area contributed by atoms with E-state index in [-0.39, 0.29) is 0 Å². The molecule has 2 aromatic rings. The lowest BCUT2D eigenvalue weighted by Crippen LogP contribution is -2.00. The molecule has 0 saturated carbocycles. The van der Waals surface area contributed by atoms with Crippen LogP contribution < -0.4 is 10.1 Å². The van der Waals surface area contributed by atoms with Crippen LogP contribution in [0.1, 0.15) is 18.9 Å². The maximum atomic E-state index is 5.43. The van der Waals surface area contributed by atoms with Crippen molar-refractivity contribution < 1.29 is 4.74 Å². The Labute approximate surface area is 113 Å². The summed E-state index contributed by atoms with van der Waals surface area (Å²) in [5.41, 5.74) is 3.19. The minimum atomic E-state index is 0.679. The van der Waals surface area contributed by atoms with Gasteiger partial charge in [0.1, 0.15) is 12.0 Å². The van der Waals surface area contributed by atoms with Gasteiger partial charge in [0.25, 0.3) is 0 Å². The summed E-state index contributed by atoms with van der Waals surface area (Å²) >= 11 is 0. The second kappa shape index (κ2) is 6.18. The first-order valence-electron chi connectivity index (χ1n) is 6.46. The number of rotatable bonds is 5. The summed E-state index contributed by atoms with van der Waals surface area (Å²) in [6.07, 6.45) is 3.75. The molecule has 2 rings (SSSR count). The van der Waals surface area contributed by atoms with Gasteiger partial charge in [-0.3, -0.25) is 0 Å². The highest BCUT2D eigenvalue weighted by molar-refractivity contribution is 5.72. The van der Waals surface area contributed by atoms with Gasteiger partial charge in [-0.15, -0.1) is 0 Å². The quantitative estimate of drug-likeness (QED) is 0.893. The van der Waals surface area contributed by atoms with Crippen molar-refractivity contribution in [1.29, 1.82) is 0 Å². The molecule has 0 bridgehead atoms. The third-order valence-corrected chi connectivity index (χ3v) is 2.98. The first-order chi connectivity index (χ1) is 9.30. The lowest BCUT2D eigenvalue weighted by Gasteiger charge is -2.12. The van der Waals surface area contributed by atoms with Crippen LogP contribution in [0.5, 0.6) is 5.75 Å². The average molecular weight is 257 g/mol. The Balaban J connectivity index is 2.49. The van der Waals surface area contributed by atoms with Crippen molar-refractivity contribution in [2.45, 2.75) is 19.8 Å². The van der Waals surface area contributed by atoms with E-state index in [2.05, 4.69) is 40.4 Å². The fourth-order valence-corrected chi connectivity index (χ4v) is 2.11. The summed E-state index contributed by atoms with van der Waals surface area (Å²) in [6.45, 7) is 2.18. The number of aromatic nitrogens is 2. The number of aryl methyl sites for hydroxylation is 1. The molecule has 1 aromatic heterocycles. The van der Waals surface area contributed by atoms with Gasteiger partial charge in [-0.1, -0.05) is 31.5 Å². The predicted octanol–water partition coefficient (Wildman–Crippen LogP) is 3.15. The summed E-state index contributed by atoms with van der Waals surface area (Å²) in [6, 6.07) is 8.40. The van der Waals surface area contributed by atoms with Crippen molar-refractivity contribution in [1.82, 2.24) is 9.97 Å². The highest BCUT2D eigenvalue weighted by Crippen LogP contribution is 2.32. The highest BCUT2D eigenvalue weighted by atomic mass is 16.5. The lowest BCUT2D eigenvalue weighted by molar-refractivity contribution is 0.415. The molecule has 0 atom stereocenters. The van der Waals surface area contributed by atoms with Crippen molar-refractivity contribution in [3.63, 3.8) is 0 Å². The van der Waals surface area contributed by atoms with Gasteiger partial charge in [-0.2, -0.15) is 0 Å². The van der Waals surface area contributed by atoms with Crippen LogP contribution in [0.25, 0.3) is 11.3 Å². The summed E-state index contributed by atoms with van der Waals surface area (Å²) < 4.78 is 5.43. The van der Waals surface area contributed by atoms with Crippen LogP contribution in [0.3, 0.4) is 0 Å². The summed E-state index contributed by atoms with van der Waals surface area (Å²) in [5.74, 6) is 1.38. The first-order valence-corrected chi connectivity index (χ1v) is 6.46. The van der Waals surface area contributed by atoms with Crippen molar-refractivity contribution in [2.75, 3.05) is 19.5 Å². The van der Waals surface area contributed by atoms with Crippen LogP contribution in [0.15, 0.2) is 30.6 Å². The molecule has 0 aliphatic carbocycles. The summed E-state index contributed by atoms with van der Waals surface area (Å²) in [7, 11) is 3.46. The van der Waals surface area contributed by atoms with Gasteiger partial charge in [-0.05, 0) is 18.1 Å². The SMILES string of the molecule is CCCc1cccc(-c2ncnc(NC)c2OC)c1. The summed E-state index contributed by atoms with van der Waals surface area (Å²) in [4.78, 5) is 8.52. The molecule has 4 heteroatoms. The fraction of sp³-hybridized carbons (Fsp3) is 0.333. The zero-order valence-electron chi connectivity index (χ0n) is 11.6. The third kappa shape index (κ3) is 2.84. The Morgan fingerprint density at radius 2 is 2.11 bits per heavy atom. The third-order valence-electron chi connectivity index (χ3n) is 2.98. The molecule has 0 fully saturated rings. The molecular weight excluding hydrogens is 238 g/mol. The van der Waals surface area contributed by atoms with Gasteiger partial charge in [0, 0.05) is 12.6 Å². The topological polar surface area (TPSA) is 47.0 Å². The van der Waals surface area contributed by atoms with Gasteiger partial charge in [-0.25, -0.2) is 9.97 Å². The van der Waals surface area contributed by atoms with Gasteiger partial charge < -0.3 is 10.1 Å².